The lowest BCUT2D eigenvalue weighted by Crippen LogP contribution is -2.04. The SMILES string of the molecule is CCOc1cc(NCCCCCC(=O)O)ccc1[N+](=O)[O-]. The molecule has 0 fully saturated rings. The van der Waals surface area contributed by atoms with Gasteiger partial charge in [-0.1, -0.05) is 6.42 Å². The van der Waals surface area contributed by atoms with E-state index in [1.165, 1.54) is 6.07 Å². The van der Waals surface area contributed by atoms with Crippen molar-refractivity contribution in [1.82, 2.24) is 0 Å². The van der Waals surface area contributed by atoms with Gasteiger partial charge in [0.1, 0.15) is 0 Å². The van der Waals surface area contributed by atoms with Crippen molar-refractivity contribution in [2.24, 2.45) is 0 Å². The molecular weight excluding hydrogens is 276 g/mol. The number of aliphatic carboxylic acids is 1. The standard InChI is InChI=1S/C14H20N2O5/c1-2-21-13-10-11(7-8-12(13)16(19)20)15-9-5-3-4-6-14(17)18/h7-8,10,15H,2-6,9H2,1H3,(H,17,18). The van der Waals surface area contributed by atoms with E-state index in [1.54, 1.807) is 19.1 Å². The molecular formula is C14H20N2O5. The van der Waals surface area contributed by atoms with Crippen LogP contribution in [-0.4, -0.2) is 29.2 Å². The molecule has 2 N–H and O–H groups in total. The molecule has 1 rings (SSSR count). The summed E-state index contributed by atoms with van der Waals surface area (Å²) in [5, 5.41) is 22.5. The molecule has 7 nitrogen and oxygen atoms in total. The second-order valence-corrected chi connectivity index (χ2v) is 4.50. The van der Waals surface area contributed by atoms with Crippen LogP contribution >= 0.6 is 0 Å². The maximum Gasteiger partial charge on any atom is 0.311 e. The summed E-state index contributed by atoms with van der Waals surface area (Å²) in [6, 6.07) is 4.66. The molecule has 0 atom stereocenters. The van der Waals surface area contributed by atoms with Gasteiger partial charge in [0.15, 0.2) is 5.75 Å². The first kappa shape index (κ1) is 16.7. The number of rotatable bonds is 10. The molecule has 0 saturated carbocycles. The third-order valence-corrected chi connectivity index (χ3v) is 2.85. The van der Waals surface area contributed by atoms with E-state index in [0.717, 1.165) is 18.5 Å². The van der Waals surface area contributed by atoms with Crippen molar-refractivity contribution in [3.63, 3.8) is 0 Å². The molecule has 0 amide bonds. The van der Waals surface area contributed by atoms with E-state index < -0.39 is 10.9 Å². The van der Waals surface area contributed by atoms with Gasteiger partial charge in [-0.3, -0.25) is 14.9 Å². The van der Waals surface area contributed by atoms with Crippen LogP contribution in [0.15, 0.2) is 18.2 Å². The Labute approximate surface area is 123 Å². The Bertz CT molecular complexity index is 490. The third kappa shape index (κ3) is 6.11. The van der Waals surface area contributed by atoms with Gasteiger partial charge in [0.05, 0.1) is 11.5 Å². The Morgan fingerprint density at radius 1 is 1.38 bits per heavy atom. The molecule has 1 aromatic carbocycles. The second kappa shape index (κ2) is 8.78. The molecule has 0 unspecified atom stereocenters. The number of nitro groups is 1. The first-order chi connectivity index (χ1) is 10.0. The van der Waals surface area contributed by atoms with Gasteiger partial charge in [-0.2, -0.15) is 0 Å². The Balaban J connectivity index is 2.46. The minimum atomic E-state index is -0.778. The summed E-state index contributed by atoms with van der Waals surface area (Å²) in [6.07, 6.45) is 2.51. The Hall–Kier alpha value is -2.31. The normalized spacial score (nSPS) is 10.1. The van der Waals surface area contributed by atoms with Crippen LogP contribution < -0.4 is 10.1 Å². The number of ether oxygens (including phenoxy) is 1. The van der Waals surface area contributed by atoms with Gasteiger partial charge in [-0.25, -0.2) is 0 Å². The predicted molar refractivity (Wildman–Crippen MR) is 78.9 cm³/mol. The first-order valence-corrected chi connectivity index (χ1v) is 6.91. The van der Waals surface area contributed by atoms with E-state index in [9.17, 15) is 14.9 Å². The number of hydrogen-bond donors (Lipinski definition) is 2. The molecule has 21 heavy (non-hydrogen) atoms. The van der Waals surface area contributed by atoms with Crippen molar-refractivity contribution in [1.29, 1.82) is 0 Å². The fourth-order valence-electron chi connectivity index (χ4n) is 1.86. The minimum absolute atomic E-state index is 0.0520. The lowest BCUT2D eigenvalue weighted by molar-refractivity contribution is -0.385. The van der Waals surface area contributed by atoms with E-state index in [-0.39, 0.29) is 17.9 Å². The highest BCUT2D eigenvalue weighted by molar-refractivity contribution is 5.66. The number of anilines is 1. The van der Waals surface area contributed by atoms with Crippen molar-refractivity contribution in [2.45, 2.75) is 32.6 Å². The van der Waals surface area contributed by atoms with Crippen LogP contribution in [0, 0.1) is 10.1 Å². The molecule has 0 aliphatic carbocycles. The van der Waals surface area contributed by atoms with E-state index in [1.807, 2.05) is 0 Å². The first-order valence-electron chi connectivity index (χ1n) is 6.91. The lowest BCUT2D eigenvalue weighted by Gasteiger charge is -2.09. The third-order valence-electron chi connectivity index (χ3n) is 2.85. The Morgan fingerprint density at radius 2 is 2.14 bits per heavy atom. The van der Waals surface area contributed by atoms with Gasteiger partial charge in [-0.05, 0) is 25.8 Å². The monoisotopic (exact) mass is 296 g/mol. The van der Waals surface area contributed by atoms with Crippen molar-refractivity contribution < 1.29 is 19.6 Å². The molecule has 1 aromatic rings. The van der Waals surface area contributed by atoms with Crippen LogP contribution in [0.1, 0.15) is 32.6 Å². The zero-order valence-corrected chi connectivity index (χ0v) is 12.0. The molecule has 0 saturated heterocycles. The molecule has 7 heteroatoms. The van der Waals surface area contributed by atoms with E-state index in [2.05, 4.69) is 5.32 Å². The molecule has 0 radical (unpaired) electrons. The van der Waals surface area contributed by atoms with Gasteiger partial charge >= 0.3 is 11.7 Å². The fourth-order valence-corrected chi connectivity index (χ4v) is 1.86. The van der Waals surface area contributed by atoms with Crippen molar-refractivity contribution in [2.75, 3.05) is 18.5 Å². The molecule has 0 bridgehead atoms. The number of unbranched alkanes of at least 4 members (excludes halogenated alkanes) is 2. The highest BCUT2D eigenvalue weighted by atomic mass is 16.6. The second-order valence-electron chi connectivity index (χ2n) is 4.50. The number of nitrogens with one attached hydrogen (secondary N) is 1. The van der Waals surface area contributed by atoms with Gasteiger partial charge < -0.3 is 15.2 Å². The number of nitrogens with zero attached hydrogens (tertiary/aromatic N) is 1. The zero-order valence-electron chi connectivity index (χ0n) is 12.0. The van der Waals surface area contributed by atoms with E-state index in [0.29, 0.717) is 19.6 Å². The average molecular weight is 296 g/mol. The van der Waals surface area contributed by atoms with Gasteiger partial charge in [0, 0.05) is 30.8 Å². The van der Waals surface area contributed by atoms with Crippen molar-refractivity contribution in [3.05, 3.63) is 28.3 Å². The maximum absolute atomic E-state index is 10.9. The summed E-state index contributed by atoms with van der Waals surface area (Å²) in [5.41, 5.74) is 0.700. The lowest BCUT2D eigenvalue weighted by atomic mass is 10.2. The van der Waals surface area contributed by atoms with E-state index in [4.69, 9.17) is 9.84 Å². The van der Waals surface area contributed by atoms with Crippen LogP contribution in [0.4, 0.5) is 11.4 Å². The Morgan fingerprint density at radius 3 is 2.76 bits per heavy atom. The largest absolute Gasteiger partial charge is 0.487 e. The number of hydrogen-bond acceptors (Lipinski definition) is 5. The van der Waals surface area contributed by atoms with Crippen LogP contribution in [0.5, 0.6) is 5.75 Å². The minimum Gasteiger partial charge on any atom is -0.487 e. The van der Waals surface area contributed by atoms with Crippen LogP contribution in [0.2, 0.25) is 0 Å². The number of benzene rings is 1. The summed E-state index contributed by atoms with van der Waals surface area (Å²) in [6.45, 7) is 2.81. The van der Waals surface area contributed by atoms with Crippen molar-refractivity contribution in [3.8, 4) is 5.75 Å². The zero-order chi connectivity index (χ0) is 15.7. The molecule has 116 valence electrons. The summed E-state index contributed by atoms with van der Waals surface area (Å²) in [7, 11) is 0. The van der Waals surface area contributed by atoms with Gasteiger partial charge in [-0.15, -0.1) is 0 Å². The number of carboxylic acids is 1. The molecule has 0 aliphatic heterocycles. The quantitative estimate of drug-likeness (QED) is 0.391. The van der Waals surface area contributed by atoms with Crippen molar-refractivity contribution >= 4 is 17.3 Å². The van der Waals surface area contributed by atoms with Crippen LogP contribution in [0.3, 0.4) is 0 Å². The molecule has 0 spiro atoms. The number of nitro benzene ring substituents is 1. The van der Waals surface area contributed by atoms with Crippen LogP contribution in [0.25, 0.3) is 0 Å². The predicted octanol–water partition coefficient (Wildman–Crippen LogP) is 3.05. The smallest absolute Gasteiger partial charge is 0.311 e. The van der Waals surface area contributed by atoms with Gasteiger partial charge in [0.25, 0.3) is 0 Å². The summed E-state index contributed by atoms with van der Waals surface area (Å²) >= 11 is 0. The topological polar surface area (TPSA) is 102 Å². The summed E-state index contributed by atoms with van der Waals surface area (Å²) < 4.78 is 5.26. The molecule has 0 aliphatic rings. The summed E-state index contributed by atoms with van der Waals surface area (Å²) in [5.74, 6) is -0.530. The highest BCUT2D eigenvalue weighted by Gasteiger charge is 2.15. The van der Waals surface area contributed by atoms with Crippen LogP contribution in [-0.2, 0) is 4.79 Å². The maximum atomic E-state index is 10.9. The Kier molecular flexibility index (Phi) is 7.00. The highest BCUT2D eigenvalue weighted by Crippen LogP contribution is 2.30. The number of carbonyl (C=O) groups is 1. The number of carboxylic acid groups (broad SMARTS) is 1. The average Bonchev–Trinajstić information content (AvgIpc) is 2.42. The fraction of sp³-hybridized carbons (Fsp3) is 0.500. The molecule has 0 heterocycles. The molecule has 0 aromatic heterocycles. The van der Waals surface area contributed by atoms with Gasteiger partial charge in [0.2, 0.25) is 0 Å². The summed E-state index contributed by atoms with van der Waals surface area (Å²) in [4.78, 5) is 20.7. The van der Waals surface area contributed by atoms with E-state index >= 15 is 0 Å².